The van der Waals surface area contributed by atoms with Gasteiger partial charge in [-0.3, -0.25) is 14.5 Å². The minimum Gasteiger partial charge on any atom is -0.319 e. The quantitative estimate of drug-likeness (QED) is 0.802. The summed E-state index contributed by atoms with van der Waals surface area (Å²) in [5.41, 5.74) is 7.97. The fourth-order valence-corrected chi connectivity index (χ4v) is 2.13. The van der Waals surface area contributed by atoms with Crippen LogP contribution >= 0.6 is 0 Å². The molecule has 0 bridgehead atoms. The Morgan fingerprint density at radius 1 is 1.22 bits per heavy atom. The third kappa shape index (κ3) is 2.59. The number of imide groups is 1. The van der Waals surface area contributed by atoms with E-state index in [2.05, 4.69) is 19.1 Å². The normalized spacial score (nSPS) is 19.7. The number of benzene rings is 1. The predicted octanol–water partition coefficient (Wildman–Crippen LogP) is 0.878. The van der Waals surface area contributed by atoms with Crippen LogP contribution in [-0.4, -0.2) is 29.3 Å². The molecule has 2 amide bonds. The highest BCUT2D eigenvalue weighted by Crippen LogP contribution is 2.13. The van der Waals surface area contributed by atoms with Crippen LogP contribution in [0.1, 0.15) is 24.5 Å². The maximum atomic E-state index is 11.6. The van der Waals surface area contributed by atoms with Gasteiger partial charge in [0, 0.05) is 6.54 Å². The molecular formula is C14H18N2O2. The molecule has 1 unspecified atom stereocenters. The van der Waals surface area contributed by atoms with E-state index >= 15 is 0 Å². The zero-order chi connectivity index (χ0) is 13.1. The topological polar surface area (TPSA) is 63.4 Å². The highest BCUT2D eigenvalue weighted by molar-refractivity contribution is 6.05. The molecule has 1 aliphatic heterocycles. The van der Waals surface area contributed by atoms with E-state index in [1.807, 2.05) is 12.1 Å². The molecule has 4 heteroatoms. The summed E-state index contributed by atoms with van der Waals surface area (Å²) in [6.07, 6.45) is 1.85. The Morgan fingerprint density at radius 2 is 1.83 bits per heavy atom. The number of likely N-dealkylation sites (tertiary alicyclic amines) is 1. The Labute approximate surface area is 107 Å². The second kappa shape index (κ2) is 5.31. The number of hydrogen-bond acceptors (Lipinski definition) is 3. The lowest BCUT2D eigenvalue weighted by molar-refractivity contribution is -0.138. The molecule has 0 saturated carbocycles. The van der Waals surface area contributed by atoms with Gasteiger partial charge in [0.15, 0.2) is 0 Å². The molecule has 4 nitrogen and oxygen atoms in total. The molecule has 96 valence electrons. The third-order valence-electron chi connectivity index (χ3n) is 3.33. The summed E-state index contributed by atoms with van der Waals surface area (Å²) in [5.74, 6) is -0.400. The molecule has 1 atom stereocenters. The highest BCUT2D eigenvalue weighted by Gasteiger charge is 2.35. The van der Waals surface area contributed by atoms with E-state index in [0.717, 1.165) is 12.0 Å². The van der Waals surface area contributed by atoms with Crippen LogP contribution in [-0.2, 0) is 22.4 Å². The molecule has 18 heavy (non-hydrogen) atoms. The van der Waals surface area contributed by atoms with Gasteiger partial charge in [0.2, 0.25) is 11.8 Å². The molecule has 1 saturated heterocycles. The van der Waals surface area contributed by atoms with Gasteiger partial charge >= 0.3 is 0 Å². The van der Waals surface area contributed by atoms with Crippen LogP contribution < -0.4 is 5.73 Å². The summed E-state index contributed by atoms with van der Waals surface area (Å²) in [7, 11) is 0. The van der Waals surface area contributed by atoms with Gasteiger partial charge < -0.3 is 5.73 Å². The van der Waals surface area contributed by atoms with Gasteiger partial charge in [0.05, 0.1) is 12.5 Å². The van der Waals surface area contributed by atoms with E-state index in [-0.39, 0.29) is 18.2 Å². The number of carbonyl (C=O) groups is 2. The van der Waals surface area contributed by atoms with E-state index in [1.165, 1.54) is 10.5 Å². The zero-order valence-electron chi connectivity index (χ0n) is 10.6. The lowest BCUT2D eigenvalue weighted by atomic mass is 10.1. The van der Waals surface area contributed by atoms with Crippen LogP contribution in [0.25, 0.3) is 0 Å². The van der Waals surface area contributed by atoms with Crippen LogP contribution in [0.4, 0.5) is 0 Å². The fraction of sp³-hybridized carbons (Fsp3) is 0.429. The summed E-state index contributed by atoms with van der Waals surface area (Å²) in [6.45, 7) is 2.54. The van der Waals surface area contributed by atoms with Crippen LogP contribution in [0.15, 0.2) is 24.3 Å². The standard InChI is InChI=1S/C14H18N2O2/c1-2-10-3-5-11(6-4-10)7-8-16-13(17)9-12(15)14(16)18/h3-6,12H,2,7-9,15H2,1H3. The molecular weight excluding hydrogens is 228 g/mol. The van der Waals surface area contributed by atoms with Gasteiger partial charge in [-0.25, -0.2) is 0 Å². The van der Waals surface area contributed by atoms with Crippen LogP contribution in [0, 0.1) is 0 Å². The SMILES string of the molecule is CCc1ccc(CCN2C(=O)CC(N)C2=O)cc1. The Morgan fingerprint density at radius 3 is 2.33 bits per heavy atom. The molecule has 0 radical (unpaired) electrons. The number of hydrogen-bond donors (Lipinski definition) is 1. The van der Waals surface area contributed by atoms with Crippen molar-refractivity contribution in [3.05, 3.63) is 35.4 Å². The molecule has 1 aliphatic rings. The number of aryl methyl sites for hydroxylation is 1. The Kier molecular flexibility index (Phi) is 3.77. The first-order valence-electron chi connectivity index (χ1n) is 6.29. The average Bonchev–Trinajstić information content (AvgIpc) is 2.62. The molecule has 2 rings (SSSR count). The smallest absolute Gasteiger partial charge is 0.246 e. The maximum absolute atomic E-state index is 11.6. The van der Waals surface area contributed by atoms with Crippen molar-refractivity contribution in [1.82, 2.24) is 4.90 Å². The van der Waals surface area contributed by atoms with Gasteiger partial charge in [0.25, 0.3) is 0 Å². The van der Waals surface area contributed by atoms with Crippen molar-refractivity contribution in [3.63, 3.8) is 0 Å². The Balaban J connectivity index is 1.95. The van der Waals surface area contributed by atoms with Crippen molar-refractivity contribution in [2.24, 2.45) is 5.73 Å². The van der Waals surface area contributed by atoms with Gasteiger partial charge in [-0.1, -0.05) is 31.2 Å². The van der Waals surface area contributed by atoms with Crippen molar-refractivity contribution < 1.29 is 9.59 Å². The predicted molar refractivity (Wildman–Crippen MR) is 68.8 cm³/mol. The molecule has 1 aromatic rings. The zero-order valence-corrected chi connectivity index (χ0v) is 10.6. The Bertz CT molecular complexity index is 453. The number of nitrogens with two attached hydrogens (primary N) is 1. The van der Waals surface area contributed by atoms with E-state index in [4.69, 9.17) is 5.73 Å². The molecule has 0 spiro atoms. The van der Waals surface area contributed by atoms with Crippen molar-refractivity contribution in [2.75, 3.05) is 6.54 Å². The minimum atomic E-state index is -0.639. The van der Waals surface area contributed by atoms with Crippen molar-refractivity contribution >= 4 is 11.8 Å². The van der Waals surface area contributed by atoms with Crippen LogP contribution in [0.2, 0.25) is 0 Å². The summed E-state index contributed by atoms with van der Waals surface area (Å²) in [5, 5.41) is 0. The van der Waals surface area contributed by atoms with Crippen LogP contribution in [0.5, 0.6) is 0 Å². The lowest BCUT2D eigenvalue weighted by Gasteiger charge is -2.14. The summed E-state index contributed by atoms with van der Waals surface area (Å²) >= 11 is 0. The van der Waals surface area contributed by atoms with Gasteiger partial charge in [0.1, 0.15) is 0 Å². The first-order chi connectivity index (χ1) is 8.61. The second-order valence-electron chi connectivity index (χ2n) is 4.61. The van der Waals surface area contributed by atoms with Crippen molar-refractivity contribution in [1.29, 1.82) is 0 Å². The molecule has 0 aliphatic carbocycles. The van der Waals surface area contributed by atoms with Gasteiger partial charge in [-0.2, -0.15) is 0 Å². The van der Waals surface area contributed by atoms with Crippen LogP contribution in [0.3, 0.4) is 0 Å². The fourth-order valence-electron chi connectivity index (χ4n) is 2.13. The molecule has 0 aromatic heterocycles. The maximum Gasteiger partial charge on any atom is 0.246 e. The third-order valence-corrected chi connectivity index (χ3v) is 3.33. The number of carbonyl (C=O) groups excluding carboxylic acids is 2. The van der Waals surface area contributed by atoms with Gasteiger partial charge in [-0.15, -0.1) is 0 Å². The largest absolute Gasteiger partial charge is 0.319 e. The average molecular weight is 246 g/mol. The van der Waals surface area contributed by atoms with E-state index in [1.54, 1.807) is 0 Å². The molecule has 2 N–H and O–H groups in total. The van der Waals surface area contributed by atoms with Gasteiger partial charge in [-0.05, 0) is 24.0 Å². The molecule has 1 fully saturated rings. The second-order valence-corrected chi connectivity index (χ2v) is 4.61. The van der Waals surface area contributed by atoms with E-state index in [0.29, 0.717) is 13.0 Å². The first kappa shape index (κ1) is 12.8. The Hall–Kier alpha value is -1.68. The van der Waals surface area contributed by atoms with E-state index < -0.39 is 6.04 Å². The van der Waals surface area contributed by atoms with Crippen molar-refractivity contribution in [2.45, 2.75) is 32.2 Å². The number of amides is 2. The monoisotopic (exact) mass is 246 g/mol. The van der Waals surface area contributed by atoms with E-state index in [9.17, 15) is 9.59 Å². The first-order valence-corrected chi connectivity index (χ1v) is 6.29. The summed E-state index contributed by atoms with van der Waals surface area (Å²) < 4.78 is 0. The summed E-state index contributed by atoms with van der Waals surface area (Å²) in [4.78, 5) is 24.4. The minimum absolute atomic E-state index is 0.146. The highest BCUT2D eigenvalue weighted by atomic mass is 16.2. The molecule has 1 heterocycles. The van der Waals surface area contributed by atoms with Crippen molar-refractivity contribution in [3.8, 4) is 0 Å². The summed E-state index contributed by atoms with van der Waals surface area (Å²) in [6, 6.07) is 7.61. The number of nitrogens with zero attached hydrogens (tertiary/aromatic N) is 1. The number of rotatable bonds is 4. The lowest BCUT2D eigenvalue weighted by Crippen LogP contribution is -2.36. The molecule has 1 aromatic carbocycles.